The number of hydrogen-bond donors (Lipinski definition) is 0. The highest BCUT2D eigenvalue weighted by molar-refractivity contribution is 7.93. The minimum atomic E-state index is -3.95. The third-order valence-corrected chi connectivity index (χ3v) is 4.47. The maximum absolute atomic E-state index is 13.7. The summed E-state index contributed by atoms with van der Waals surface area (Å²) in [5.41, 5.74) is 0. The van der Waals surface area contributed by atoms with Crippen LogP contribution in [-0.2, 0) is 19.4 Å². The van der Waals surface area contributed by atoms with Crippen LogP contribution < -0.4 is 0 Å². The van der Waals surface area contributed by atoms with Gasteiger partial charge in [-0.3, -0.25) is 4.79 Å². The summed E-state index contributed by atoms with van der Waals surface area (Å²) >= 11 is 0. The molecule has 0 heterocycles. The molecule has 0 aliphatic rings. The van der Waals surface area contributed by atoms with Crippen molar-refractivity contribution in [1.82, 2.24) is 0 Å². The van der Waals surface area contributed by atoms with Gasteiger partial charge < -0.3 is 4.74 Å². The average Bonchev–Trinajstić information content (AvgIpc) is 2.02. The van der Waals surface area contributed by atoms with Crippen molar-refractivity contribution in [2.75, 3.05) is 7.11 Å². The Kier molecular flexibility index (Phi) is 4.05. The van der Waals surface area contributed by atoms with E-state index in [2.05, 4.69) is 4.74 Å². The number of halogens is 1. The zero-order valence-electron chi connectivity index (χ0n) is 8.70. The summed E-state index contributed by atoms with van der Waals surface area (Å²) < 4.78 is 40.7. The summed E-state index contributed by atoms with van der Waals surface area (Å²) in [6, 6.07) is 0. The van der Waals surface area contributed by atoms with Crippen molar-refractivity contribution in [3.63, 3.8) is 0 Å². The molecule has 0 aromatic carbocycles. The van der Waals surface area contributed by atoms with Gasteiger partial charge in [-0.05, 0) is 20.8 Å². The first kappa shape index (κ1) is 13.4. The van der Waals surface area contributed by atoms with Crippen LogP contribution in [0.25, 0.3) is 0 Å². The molecule has 0 aromatic heterocycles. The molecule has 1 atom stereocenters. The van der Waals surface area contributed by atoms with Gasteiger partial charge in [-0.15, -0.1) is 0 Å². The molecule has 0 rings (SSSR count). The average molecular weight is 226 g/mol. The first-order valence-electron chi connectivity index (χ1n) is 4.14. The van der Waals surface area contributed by atoms with Crippen LogP contribution in [0.1, 0.15) is 27.2 Å². The molecule has 0 amide bonds. The standard InChI is InChI=1S/C8H15FO4S/c1-6(2)14(11,12)8(3,9)5-7(10)13-4/h6H,5H2,1-4H3. The Morgan fingerprint density at radius 3 is 2.21 bits per heavy atom. The number of rotatable bonds is 4. The summed E-state index contributed by atoms with van der Waals surface area (Å²) in [5, 5.41) is -3.42. The first-order chi connectivity index (χ1) is 6.15. The van der Waals surface area contributed by atoms with E-state index >= 15 is 0 Å². The molecule has 0 radical (unpaired) electrons. The Hall–Kier alpha value is -0.650. The van der Waals surface area contributed by atoms with E-state index in [0.717, 1.165) is 14.0 Å². The Morgan fingerprint density at radius 1 is 1.50 bits per heavy atom. The molecule has 0 aromatic rings. The van der Waals surface area contributed by atoms with Crippen LogP contribution >= 0.6 is 0 Å². The lowest BCUT2D eigenvalue weighted by Crippen LogP contribution is -2.38. The van der Waals surface area contributed by atoms with Gasteiger partial charge in [-0.25, -0.2) is 12.8 Å². The van der Waals surface area contributed by atoms with Gasteiger partial charge in [-0.2, -0.15) is 0 Å². The van der Waals surface area contributed by atoms with Gasteiger partial charge in [0.25, 0.3) is 0 Å². The van der Waals surface area contributed by atoms with Crippen LogP contribution in [0.4, 0.5) is 4.39 Å². The number of sulfone groups is 1. The highest BCUT2D eigenvalue weighted by atomic mass is 32.2. The Bertz CT molecular complexity index is 305. The second-order valence-corrected chi connectivity index (χ2v) is 6.33. The summed E-state index contributed by atoms with van der Waals surface area (Å²) in [4.78, 5) is 10.8. The van der Waals surface area contributed by atoms with Crippen LogP contribution in [0.3, 0.4) is 0 Å². The first-order valence-corrected chi connectivity index (χ1v) is 5.69. The fraction of sp³-hybridized carbons (Fsp3) is 0.875. The molecule has 0 saturated heterocycles. The van der Waals surface area contributed by atoms with E-state index in [1.54, 1.807) is 0 Å². The number of esters is 1. The second kappa shape index (κ2) is 4.25. The van der Waals surface area contributed by atoms with Crippen molar-refractivity contribution in [3.8, 4) is 0 Å². The third kappa shape index (κ3) is 2.67. The summed E-state index contributed by atoms with van der Waals surface area (Å²) in [6.07, 6.45) is -0.774. The Morgan fingerprint density at radius 2 is 1.93 bits per heavy atom. The summed E-state index contributed by atoms with van der Waals surface area (Å²) in [6.45, 7) is 3.61. The number of carbonyl (C=O) groups is 1. The van der Waals surface area contributed by atoms with Crippen molar-refractivity contribution in [3.05, 3.63) is 0 Å². The molecule has 0 bridgehead atoms. The summed E-state index contributed by atoms with van der Waals surface area (Å²) in [7, 11) is -2.87. The largest absolute Gasteiger partial charge is 0.469 e. The molecule has 84 valence electrons. The SMILES string of the molecule is COC(=O)CC(C)(F)S(=O)(=O)C(C)C. The number of alkyl halides is 1. The smallest absolute Gasteiger partial charge is 0.309 e. The van der Waals surface area contributed by atoms with Gasteiger partial charge in [0.05, 0.1) is 18.8 Å². The molecule has 0 fully saturated rings. The van der Waals surface area contributed by atoms with Gasteiger partial charge >= 0.3 is 5.97 Å². The Balaban J connectivity index is 4.88. The topological polar surface area (TPSA) is 60.4 Å². The number of ether oxygens (including phenoxy) is 1. The van der Waals surface area contributed by atoms with Gasteiger partial charge in [-0.1, -0.05) is 0 Å². The van der Waals surface area contributed by atoms with Crippen molar-refractivity contribution in [2.45, 2.75) is 37.4 Å². The van der Waals surface area contributed by atoms with E-state index in [9.17, 15) is 17.6 Å². The summed E-state index contributed by atoms with van der Waals surface area (Å²) in [5.74, 6) is -0.876. The molecule has 14 heavy (non-hydrogen) atoms. The maximum Gasteiger partial charge on any atom is 0.309 e. The van der Waals surface area contributed by atoms with Crippen LogP contribution in [-0.4, -0.2) is 31.7 Å². The quantitative estimate of drug-likeness (QED) is 0.672. The van der Waals surface area contributed by atoms with Crippen LogP contribution in [0.5, 0.6) is 0 Å². The number of methoxy groups -OCH3 is 1. The van der Waals surface area contributed by atoms with Crippen molar-refractivity contribution in [1.29, 1.82) is 0 Å². The molecule has 0 aliphatic heterocycles. The lowest BCUT2D eigenvalue weighted by atomic mass is 10.3. The molecular weight excluding hydrogens is 211 g/mol. The van der Waals surface area contributed by atoms with Crippen molar-refractivity contribution >= 4 is 15.8 Å². The van der Waals surface area contributed by atoms with E-state index in [0.29, 0.717) is 0 Å². The van der Waals surface area contributed by atoms with E-state index < -0.39 is 32.5 Å². The van der Waals surface area contributed by atoms with E-state index in [-0.39, 0.29) is 0 Å². The molecule has 0 aliphatic carbocycles. The fourth-order valence-electron chi connectivity index (χ4n) is 0.922. The van der Waals surface area contributed by atoms with Gasteiger partial charge in [0.15, 0.2) is 9.84 Å². The van der Waals surface area contributed by atoms with Gasteiger partial charge in [0.1, 0.15) is 0 Å². The number of hydrogen-bond acceptors (Lipinski definition) is 4. The van der Waals surface area contributed by atoms with Crippen molar-refractivity contribution < 1.29 is 22.3 Å². The molecular formula is C8H15FO4S. The van der Waals surface area contributed by atoms with Gasteiger partial charge in [0, 0.05) is 0 Å². The molecule has 1 unspecified atom stereocenters. The van der Waals surface area contributed by atoms with Crippen LogP contribution in [0.2, 0.25) is 0 Å². The van der Waals surface area contributed by atoms with E-state index in [4.69, 9.17) is 0 Å². The predicted molar refractivity (Wildman–Crippen MR) is 50.2 cm³/mol. The maximum atomic E-state index is 13.7. The van der Waals surface area contributed by atoms with E-state index in [1.807, 2.05) is 0 Å². The van der Waals surface area contributed by atoms with E-state index in [1.165, 1.54) is 13.8 Å². The lowest BCUT2D eigenvalue weighted by molar-refractivity contribution is -0.142. The highest BCUT2D eigenvalue weighted by Crippen LogP contribution is 2.27. The molecule has 0 spiro atoms. The monoisotopic (exact) mass is 226 g/mol. The van der Waals surface area contributed by atoms with Crippen LogP contribution in [0.15, 0.2) is 0 Å². The second-order valence-electron chi connectivity index (χ2n) is 3.45. The molecule has 4 nitrogen and oxygen atoms in total. The zero-order chi connectivity index (χ0) is 11.6. The van der Waals surface area contributed by atoms with Crippen molar-refractivity contribution in [2.24, 2.45) is 0 Å². The molecule has 0 saturated carbocycles. The highest BCUT2D eigenvalue weighted by Gasteiger charge is 2.43. The normalized spacial score (nSPS) is 16.4. The number of carbonyl (C=O) groups excluding carboxylic acids is 1. The minimum absolute atomic E-state index is 0.774. The third-order valence-electron chi connectivity index (χ3n) is 1.90. The molecule has 6 heteroatoms. The predicted octanol–water partition coefficient (Wildman–Crippen LogP) is 1.06. The molecule has 0 N–H and O–H groups in total. The van der Waals surface area contributed by atoms with Crippen LogP contribution in [0, 0.1) is 0 Å². The lowest BCUT2D eigenvalue weighted by Gasteiger charge is -2.21. The fourth-order valence-corrected chi connectivity index (χ4v) is 2.22. The zero-order valence-corrected chi connectivity index (χ0v) is 9.52. The minimum Gasteiger partial charge on any atom is -0.469 e. The van der Waals surface area contributed by atoms with Gasteiger partial charge in [0.2, 0.25) is 5.00 Å². The Labute approximate surface area is 83.4 Å².